The number of nitrogens with one attached hydrogen (secondary N) is 2. The Morgan fingerprint density at radius 3 is 2.47 bits per heavy atom. The minimum Gasteiger partial charge on any atom is -0.497 e. The van der Waals surface area contributed by atoms with Crippen molar-refractivity contribution >= 4 is 21.6 Å². The molecule has 2 aromatic rings. The number of benzene rings is 2. The van der Waals surface area contributed by atoms with Gasteiger partial charge in [-0.3, -0.25) is 9.52 Å². The van der Waals surface area contributed by atoms with Crippen molar-refractivity contribution in [1.82, 2.24) is 10.2 Å². The molecule has 1 aliphatic rings. The molecule has 2 aromatic carbocycles. The van der Waals surface area contributed by atoms with Gasteiger partial charge in [0.25, 0.3) is 15.9 Å². The van der Waals surface area contributed by atoms with Gasteiger partial charge >= 0.3 is 0 Å². The normalized spacial score (nSPS) is 22.1. The first-order chi connectivity index (χ1) is 16.1. The second-order valence-electron chi connectivity index (χ2n) is 8.55. The molecule has 0 spiro atoms. The molecule has 0 fully saturated rings. The standard InChI is InChI=1S/C24H33N3O6S/c1-16-13-25-17(2)15-33-22-11-6-18(12-21(22)24(28)27(3)14-23(16)32-5)26-34(29,30)20-9-7-19(31-4)8-10-20/h6-12,16-17,23,25-26H,13-15H2,1-5H3/t16-,17+,23-/m1/s1. The lowest BCUT2D eigenvalue weighted by molar-refractivity contribution is 0.0281. The molecular weight excluding hydrogens is 458 g/mol. The van der Waals surface area contributed by atoms with E-state index in [2.05, 4.69) is 17.0 Å². The van der Waals surface area contributed by atoms with Crippen LogP contribution in [-0.2, 0) is 14.8 Å². The number of carbonyl (C=O) groups excluding carboxylic acids is 1. The Balaban J connectivity index is 1.92. The lowest BCUT2D eigenvalue weighted by atomic mass is 10.0. The topological polar surface area (TPSA) is 106 Å². The second-order valence-corrected chi connectivity index (χ2v) is 10.2. The van der Waals surface area contributed by atoms with Crippen molar-refractivity contribution in [3.8, 4) is 11.5 Å². The maximum absolute atomic E-state index is 13.3. The molecule has 0 radical (unpaired) electrons. The lowest BCUT2D eigenvalue weighted by Gasteiger charge is -2.30. The predicted octanol–water partition coefficient (Wildman–Crippen LogP) is 2.59. The van der Waals surface area contributed by atoms with Crippen molar-refractivity contribution < 1.29 is 27.4 Å². The molecule has 0 aromatic heterocycles. The van der Waals surface area contributed by atoms with Gasteiger partial charge in [0.05, 0.1) is 23.7 Å². The summed E-state index contributed by atoms with van der Waals surface area (Å²) in [6, 6.07) is 10.8. The number of fused-ring (bicyclic) bond motifs is 1. The van der Waals surface area contributed by atoms with E-state index >= 15 is 0 Å². The van der Waals surface area contributed by atoms with E-state index in [9.17, 15) is 13.2 Å². The number of sulfonamides is 1. The SMILES string of the molecule is COc1ccc(S(=O)(=O)Nc2ccc3c(c2)C(=O)N(C)C[C@@H](OC)[C@H](C)CN[C@@H](C)CO3)cc1. The van der Waals surface area contributed by atoms with Crippen LogP contribution in [0.25, 0.3) is 0 Å². The summed E-state index contributed by atoms with van der Waals surface area (Å²) in [5, 5.41) is 3.43. The number of amides is 1. The monoisotopic (exact) mass is 491 g/mol. The first kappa shape index (κ1) is 25.8. The number of ether oxygens (including phenoxy) is 3. The number of nitrogens with zero attached hydrogens (tertiary/aromatic N) is 1. The molecule has 0 saturated carbocycles. The zero-order valence-electron chi connectivity index (χ0n) is 20.2. The largest absolute Gasteiger partial charge is 0.497 e. The summed E-state index contributed by atoms with van der Waals surface area (Å²) in [7, 11) is 0.976. The second kappa shape index (κ2) is 11.1. The van der Waals surface area contributed by atoms with Crippen LogP contribution in [0.5, 0.6) is 11.5 Å². The van der Waals surface area contributed by atoms with Crippen LogP contribution >= 0.6 is 0 Å². The number of likely N-dealkylation sites (N-methyl/N-ethyl adjacent to an activating group) is 1. The highest BCUT2D eigenvalue weighted by atomic mass is 32.2. The van der Waals surface area contributed by atoms with E-state index in [1.807, 2.05) is 6.92 Å². The highest BCUT2D eigenvalue weighted by molar-refractivity contribution is 7.92. The van der Waals surface area contributed by atoms with Crippen molar-refractivity contribution in [2.75, 3.05) is 45.7 Å². The molecule has 3 rings (SSSR count). The van der Waals surface area contributed by atoms with Crippen molar-refractivity contribution in [3.05, 3.63) is 48.0 Å². The Morgan fingerprint density at radius 2 is 1.82 bits per heavy atom. The van der Waals surface area contributed by atoms with E-state index in [1.165, 1.54) is 25.3 Å². The fourth-order valence-corrected chi connectivity index (χ4v) is 4.74. The first-order valence-corrected chi connectivity index (χ1v) is 12.6. The van der Waals surface area contributed by atoms with E-state index in [0.717, 1.165) is 6.54 Å². The van der Waals surface area contributed by atoms with Gasteiger partial charge < -0.3 is 24.4 Å². The van der Waals surface area contributed by atoms with Gasteiger partial charge in [0, 0.05) is 39.0 Å². The van der Waals surface area contributed by atoms with Crippen LogP contribution in [0.3, 0.4) is 0 Å². The Morgan fingerprint density at radius 1 is 1.12 bits per heavy atom. The predicted molar refractivity (Wildman–Crippen MR) is 130 cm³/mol. The van der Waals surface area contributed by atoms with E-state index in [1.54, 1.807) is 43.3 Å². The molecule has 0 unspecified atom stereocenters. The molecule has 0 bridgehead atoms. The molecule has 10 heteroatoms. The number of carbonyl (C=O) groups is 1. The summed E-state index contributed by atoms with van der Waals surface area (Å²) >= 11 is 0. The lowest BCUT2D eigenvalue weighted by Crippen LogP contribution is -2.44. The maximum atomic E-state index is 13.3. The molecule has 2 N–H and O–H groups in total. The van der Waals surface area contributed by atoms with Crippen molar-refractivity contribution in [2.24, 2.45) is 5.92 Å². The molecular formula is C24H33N3O6S. The van der Waals surface area contributed by atoms with Crippen LogP contribution in [0, 0.1) is 5.92 Å². The van der Waals surface area contributed by atoms with Gasteiger partial charge in [-0.2, -0.15) is 0 Å². The van der Waals surface area contributed by atoms with Crippen molar-refractivity contribution in [2.45, 2.75) is 30.9 Å². The molecule has 0 aliphatic carbocycles. The average molecular weight is 492 g/mol. The van der Waals surface area contributed by atoms with Gasteiger partial charge in [-0.25, -0.2) is 8.42 Å². The summed E-state index contributed by atoms with van der Waals surface area (Å²) in [5.41, 5.74) is 0.530. The zero-order chi connectivity index (χ0) is 24.9. The quantitative estimate of drug-likeness (QED) is 0.662. The van der Waals surface area contributed by atoms with E-state index in [0.29, 0.717) is 24.7 Å². The van der Waals surface area contributed by atoms with E-state index in [-0.39, 0.29) is 40.1 Å². The van der Waals surface area contributed by atoms with Crippen LogP contribution in [0.2, 0.25) is 0 Å². The number of anilines is 1. The minimum absolute atomic E-state index is 0.0494. The summed E-state index contributed by atoms with van der Waals surface area (Å²) in [5.74, 6) is 0.831. The third-order valence-electron chi connectivity index (χ3n) is 5.85. The number of rotatable bonds is 5. The highest BCUT2D eigenvalue weighted by Gasteiger charge is 2.26. The Labute approximate surface area is 201 Å². The zero-order valence-corrected chi connectivity index (χ0v) is 21.0. The van der Waals surface area contributed by atoms with Gasteiger partial charge in [0.2, 0.25) is 0 Å². The van der Waals surface area contributed by atoms with Crippen LogP contribution in [0.4, 0.5) is 5.69 Å². The number of methoxy groups -OCH3 is 2. The summed E-state index contributed by atoms with van der Waals surface area (Å²) < 4.78 is 45.0. The summed E-state index contributed by atoms with van der Waals surface area (Å²) in [6.45, 7) is 5.53. The van der Waals surface area contributed by atoms with E-state index in [4.69, 9.17) is 14.2 Å². The first-order valence-electron chi connectivity index (χ1n) is 11.1. The van der Waals surface area contributed by atoms with E-state index < -0.39 is 10.0 Å². The fourth-order valence-electron chi connectivity index (χ4n) is 3.69. The van der Waals surface area contributed by atoms with Gasteiger partial charge in [-0.05, 0) is 55.3 Å². The molecule has 186 valence electrons. The number of hydrogen-bond acceptors (Lipinski definition) is 7. The van der Waals surface area contributed by atoms with Gasteiger partial charge in [-0.15, -0.1) is 0 Å². The highest BCUT2D eigenvalue weighted by Crippen LogP contribution is 2.27. The molecule has 9 nitrogen and oxygen atoms in total. The Bertz CT molecular complexity index is 1090. The Kier molecular flexibility index (Phi) is 8.40. The summed E-state index contributed by atoms with van der Waals surface area (Å²) in [4.78, 5) is 15.0. The smallest absolute Gasteiger partial charge is 0.261 e. The van der Waals surface area contributed by atoms with Crippen LogP contribution in [0.15, 0.2) is 47.4 Å². The van der Waals surface area contributed by atoms with Gasteiger partial charge in [0.15, 0.2) is 0 Å². The minimum atomic E-state index is -3.87. The average Bonchev–Trinajstić information content (AvgIpc) is 2.83. The van der Waals surface area contributed by atoms with Gasteiger partial charge in [-0.1, -0.05) is 6.92 Å². The third kappa shape index (κ3) is 6.19. The van der Waals surface area contributed by atoms with Crippen molar-refractivity contribution in [3.63, 3.8) is 0 Å². The summed E-state index contributed by atoms with van der Waals surface area (Å²) in [6.07, 6.45) is -0.158. The molecule has 0 saturated heterocycles. The number of hydrogen-bond donors (Lipinski definition) is 2. The molecule has 1 amide bonds. The molecule has 1 aliphatic heterocycles. The maximum Gasteiger partial charge on any atom is 0.261 e. The molecule has 1 heterocycles. The third-order valence-corrected chi connectivity index (χ3v) is 7.24. The van der Waals surface area contributed by atoms with Crippen molar-refractivity contribution in [1.29, 1.82) is 0 Å². The van der Waals surface area contributed by atoms with Crippen LogP contribution in [-0.4, -0.2) is 72.3 Å². The van der Waals surface area contributed by atoms with Crippen LogP contribution < -0.4 is 19.5 Å². The molecule has 3 atom stereocenters. The fraction of sp³-hybridized carbons (Fsp3) is 0.458. The molecule has 34 heavy (non-hydrogen) atoms. The van der Waals surface area contributed by atoms with Gasteiger partial charge in [0.1, 0.15) is 18.1 Å². The van der Waals surface area contributed by atoms with Crippen LogP contribution in [0.1, 0.15) is 24.2 Å². The Hall–Kier alpha value is -2.82.